The zero-order chi connectivity index (χ0) is 22.2. The molecule has 5 nitrogen and oxygen atoms in total. The predicted molar refractivity (Wildman–Crippen MR) is 111 cm³/mol. The number of fused-ring (bicyclic) bond motifs is 1. The molecule has 8 heteroatoms. The molecule has 0 radical (unpaired) electrons. The van der Waals surface area contributed by atoms with Crippen molar-refractivity contribution in [1.82, 2.24) is 10.6 Å². The van der Waals surface area contributed by atoms with Crippen LogP contribution < -0.4 is 16.0 Å². The second-order valence-corrected chi connectivity index (χ2v) is 7.17. The van der Waals surface area contributed by atoms with Gasteiger partial charge in [0.05, 0.1) is 22.9 Å². The number of hydrogen-bond acceptors (Lipinski definition) is 2. The molecule has 1 aliphatic rings. The third kappa shape index (κ3) is 4.09. The maximum Gasteiger partial charge on any atom is 0.418 e. The summed E-state index contributed by atoms with van der Waals surface area (Å²) in [6.07, 6.45) is -4.62. The highest BCUT2D eigenvalue weighted by Gasteiger charge is 2.35. The molecule has 158 valence electrons. The van der Waals surface area contributed by atoms with Crippen molar-refractivity contribution in [3.63, 3.8) is 0 Å². The first-order valence-corrected chi connectivity index (χ1v) is 9.48. The number of amides is 3. The largest absolute Gasteiger partial charge is 0.418 e. The van der Waals surface area contributed by atoms with Gasteiger partial charge in [-0.25, -0.2) is 4.79 Å². The Morgan fingerprint density at radius 3 is 2.39 bits per heavy atom. The zero-order valence-electron chi connectivity index (χ0n) is 16.4. The van der Waals surface area contributed by atoms with Crippen LogP contribution in [0.15, 0.2) is 78.0 Å². The topological polar surface area (TPSA) is 70.2 Å². The lowest BCUT2D eigenvalue weighted by Gasteiger charge is -2.29. The lowest BCUT2D eigenvalue weighted by molar-refractivity contribution is -0.137. The Bertz CT molecular complexity index is 1220. The second-order valence-electron chi connectivity index (χ2n) is 7.17. The minimum absolute atomic E-state index is 0.131. The second kappa shape index (κ2) is 7.79. The van der Waals surface area contributed by atoms with E-state index >= 15 is 0 Å². The van der Waals surface area contributed by atoms with Crippen LogP contribution in [-0.4, -0.2) is 11.9 Å². The Balaban J connectivity index is 1.73. The molecular formula is C23H18F3N3O2. The van der Waals surface area contributed by atoms with E-state index in [4.69, 9.17) is 0 Å². The van der Waals surface area contributed by atoms with Crippen molar-refractivity contribution in [1.29, 1.82) is 0 Å². The summed E-state index contributed by atoms with van der Waals surface area (Å²) in [6.45, 7) is 1.54. The van der Waals surface area contributed by atoms with Crippen LogP contribution in [0.2, 0.25) is 0 Å². The van der Waals surface area contributed by atoms with Crippen molar-refractivity contribution in [2.75, 3.05) is 5.32 Å². The van der Waals surface area contributed by atoms with E-state index in [0.717, 1.165) is 16.8 Å². The molecule has 0 spiro atoms. The summed E-state index contributed by atoms with van der Waals surface area (Å²) in [4.78, 5) is 25.2. The van der Waals surface area contributed by atoms with E-state index < -0.39 is 29.7 Å². The first-order chi connectivity index (χ1) is 14.7. The molecule has 4 rings (SSSR count). The van der Waals surface area contributed by atoms with E-state index in [0.29, 0.717) is 5.56 Å². The average molecular weight is 425 g/mol. The Kier molecular flexibility index (Phi) is 5.14. The van der Waals surface area contributed by atoms with E-state index in [1.807, 2.05) is 36.4 Å². The molecule has 1 atom stereocenters. The van der Waals surface area contributed by atoms with E-state index in [1.165, 1.54) is 25.1 Å². The van der Waals surface area contributed by atoms with Gasteiger partial charge in [-0.2, -0.15) is 13.2 Å². The molecule has 0 aliphatic carbocycles. The standard InChI is InChI=1S/C23H18F3N3O2/c1-13-19(21(30)28-18-9-5-4-8-17(18)23(24,25)26)20(29-22(31)27-13)16-11-10-14-6-2-3-7-15(14)12-16/h2-12,20H,1H3,(H,28,30)(H2,27,29,31). The van der Waals surface area contributed by atoms with Crippen molar-refractivity contribution in [2.24, 2.45) is 0 Å². The summed E-state index contributed by atoms with van der Waals surface area (Å²) in [7, 11) is 0. The van der Waals surface area contributed by atoms with Gasteiger partial charge in [0.1, 0.15) is 0 Å². The first-order valence-electron chi connectivity index (χ1n) is 9.48. The summed E-state index contributed by atoms with van der Waals surface area (Å²) in [5.74, 6) is -0.736. The van der Waals surface area contributed by atoms with Gasteiger partial charge in [0, 0.05) is 5.70 Å². The molecule has 31 heavy (non-hydrogen) atoms. The number of anilines is 1. The Hall–Kier alpha value is -3.81. The molecule has 1 aliphatic heterocycles. The molecule has 0 saturated carbocycles. The number of halogens is 3. The minimum atomic E-state index is -4.62. The van der Waals surface area contributed by atoms with Gasteiger partial charge < -0.3 is 16.0 Å². The van der Waals surface area contributed by atoms with Gasteiger partial charge in [0.2, 0.25) is 0 Å². The molecule has 1 heterocycles. The van der Waals surface area contributed by atoms with Crippen LogP contribution in [0.4, 0.5) is 23.7 Å². The molecule has 0 saturated heterocycles. The van der Waals surface area contributed by atoms with Crippen molar-refractivity contribution in [2.45, 2.75) is 19.1 Å². The van der Waals surface area contributed by atoms with Crippen LogP contribution in [0.3, 0.4) is 0 Å². The van der Waals surface area contributed by atoms with Crippen LogP contribution in [0.5, 0.6) is 0 Å². The lowest BCUT2D eigenvalue weighted by Crippen LogP contribution is -2.46. The third-order valence-corrected chi connectivity index (χ3v) is 5.10. The van der Waals surface area contributed by atoms with Gasteiger partial charge in [-0.15, -0.1) is 0 Å². The van der Waals surface area contributed by atoms with Gasteiger partial charge in [0.25, 0.3) is 5.91 Å². The Morgan fingerprint density at radius 1 is 0.968 bits per heavy atom. The van der Waals surface area contributed by atoms with Gasteiger partial charge in [-0.1, -0.05) is 48.5 Å². The molecule has 1 unspecified atom stereocenters. The average Bonchev–Trinajstić information content (AvgIpc) is 2.72. The highest BCUT2D eigenvalue weighted by atomic mass is 19.4. The monoisotopic (exact) mass is 425 g/mol. The lowest BCUT2D eigenvalue weighted by atomic mass is 9.93. The molecule has 0 fully saturated rings. The molecule has 0 bridgehead atoms. The molecule has 3 amide bonds. The van der Waals surface area contributed by atoms with Crippen molar-refractivity contribution in [3.05, 3.63) is 89.1 Å². The van der Waals surface area contributed by atoms with Crippen LogP contribution in [0.25, 0.3) is 10.8 Å². The quantitative estimate of drug-likeness (QED) is 0.545. The van der Waals surface area contributed by atoms with Crippen molar-refractivity contribution in [3.8, 4) is 0 Å². The normalized spacial score (nSPS) is 16.6. The number of allylic oxidation sites excluding steroid dienone is 1. The smallest absolute Gasteiger partial charge is 0.327 e. The maximum absolute atomic E-state index is 13.3. The zero-order valence-corrected chi connectivity index (χ0v) is 16.4. The predicted octanol–water partition coefficient (Wildman–Crippen LogP) is 5.13. The van der Waals surface area contributed by atoms with Crippen LogP contribution in [0, 0.1) is 0 Å². The Morgan fingerprint density at radius 2 is 1.65 bits per heavy atom. The first kappa shape index (κ1) is 20.5. The summed E-state index contributed by atoms with van der Waals surface area (Å²) < 4.78 is 40.0. The van der Waals surface area contributed by atoms with Crippen LogP contribution >= 0.6 is 0 Å². The number of alkyl halides is 3. The fourth-order valence-electron chi connectivity index (χ4n) is 3.66. The molecule has 3 aromatic carbocycles. The van der Waals surface area contributed by atoms with Gasteiger partial charge in [0.15, 0.2) is 0 Å². The summed E-state index contributed by atoms with van der Waals surface area (Å²) in [5.41, 5.74) is -0.260. The van der Waals surface area contributed by atoms with Crippen molar-refractivity contribution < 1.29 is 22.8 Å². The number of benzene rings is 3. The highest BCUT2D eigenvalue weighted by Crippen LogP contribution is 2.36. The van der Waals surface area contributed by atoms with Crippen molar-refractivity contribution >= 4 is 28.4 Å². The fourth-order valence-corrected chi connectivity index (χ4v) is 3.66. The fraction of sp³-hybridized carbons (Fsp3) is 0.130. The van der Waals surface area contributed by atoms with Gasteiger partial charge >= 0.3 is 12.2 Å². The van der Waals surface area contributed by atoms with Gasteiger partial charge in [-0.3, -0.25) is 4.79 Å². The van der Waals surface area contributed by atoms with Crippen LogP contribution in [0.1, 0.15) is 24.1 Å². The molecule has 3 aromatic rings. The minimum Gasteiger partial charge on any atom is -0.327 e. The number of carbonyl (C=O) groups is 2. The third-order valence-electron chi connectivity index (χ3n) is 5.10. The maximum atomic E-state index is 13.3. The number of hydrogen-bond donors (Lipinski definition) is 3. The van der Waals surface area contributed by atoms with Crippen LogP contribution in [-0.2, 0) is 11.0 Å². The van der Waals surface area contributed by atoms with E-state index in [2.05, 4.69) is 16.0 Å². The SMILES string of the molecule is CC1=C(C(=O)Nc2ccccc2C(F)(F)F)C(c2ccc3ccccc3c2)NC(=O)N1. The van der Waals surface area contributed by atoms with E-state index in [1.54, 1.807) is 6.07 Å². The molecular weight excluding hydrogens is 407 g/mol. The molecule has 0 aromatic heterocycles. The number of nitrogens with one attached hydrogen (secondary N) is 3. The summed E-state index contributed by atoms with van der Waals surface area (Å²) >= 11 is 0. The number of carbonyl (C=O) groups excluding carboxylic acids is 2. The number of urea groups is 1. The van der Waals surface area contributed by atoms with E-state index in [-0.39, 0.29) is 17.0 Å². The highest BCUT2D eigenvalue weighted by molar-refractivity contribution is 6.07. The van der Waals surface area contributed by atoms with Gasteiger partial charge in [-0.05, 0) is 41.5 Å². The Labute approximate surface area is 175 Å². The summed E-state index contributed by atoms with van der Waals surface area (Å²) in [6, 6.07) is 16.5. The summed E-state index contributed by atoms with van der Waals surface area (Å²) in [5, 5.41) is 9.48. The molecule has 3 N–H and O–H groups in total. The number of rotatable bonds is 3. The number of para-hydroxylation sites is 1. The van der Waals surface area contributed by atoms with E-state index in [9.17, 15) is 22.8 Å².